The number of hydrogen-bond acceptors (Lipinski definition) is 7. The summed E-state index contributed by atoms with van der Waals surface area (Å²) in [6.07, 6.45) is -8.56. The van der Waals surface area contributed by atoms with E-state index in [2.05, 4.69) is 15.3 Å². The van der Waals surface area contributed by atoms with E-state index in [0.29, 0.717) is 0 Å². The van der Waals surface area contributed by atoms with Crippen molar-refractivity contribution in [2.45, 2.75) is 56.6 Å². The van der Waals surface area contributed by atoms with Crippen LogP contribution in [0.3, 0.4) is 0 Å². The van der Waals surface area contributed by atoms with Gasteiger partial charge in [0.25, 0.3) is 0 Å². The van der Waals surface area contributed by atoms with Gasteiger partial charge in [-0.15, -0.1) is 10.2 Å². The predicted octanol–water partition coefficient (Wildman–Crippen LogP) is 5.48. The maximum absolute atomic E-state index is 14.2. The molecule has 1 aliphatic rings. The van der Waals surface area contributed by atoms with Gasteiger partial charge in [-0.3, -0.25) is 9.25 Å². The average molecular weight is 648 g/mol. The van der Waals surface area contributed by atoms with Gasteiger partial charge in [0.05, 0.1) is 23.6 Å². The van der Waals surface area contributed by atoms with E-state index >= 15 is 0 Å². The van der Waals surface area contributed by atoms with Crippen LogP contribution in [-0.4, -0.2) is 66.3 Å². The first-order valence-electron chi connectivity index (χ1n) is 12.8. The molecule has 0 radical (unpaired) electrons. The Kier molecular flexibility index (Phi) is 8.55. The summed E-state index contributed by atoms with van der Waals surface area (Å²) in [6.45, 7) is 2.82. The Morgan fingerprint density at radius 2 is 1.74 bits per heavy atom. The van der Waals surface area contributed by atoms with E-state index in [4.69, 9.17) is 32.7 Å². The number of methoxy groups -OCH3 is 1. The molecule has 6 atom stereocenters. The van der Waals surface area contributed by atoms with E-state index in [1.165, 1.54) is 38.0 Å². The summed E-state index contributed by atoms with van der Waals surface area (Å²) in [5.74, 6) is -2.16. The van der Waals surface area contributed by atoms with Gasteiger partial charge >= 0.3 is 6.18 Å². The fraction of sp³-hybridized carbons (Fsp3) is 0.370. The van der Waals surface area contributed by atoms with E-state index in [9.17, 15) is 32.2 Å². The second kappa shape index (κ2) is 11.7. The van der Waals surface area contributed by atoms with Crippen LogP contribution in [-0.2, 0) is 15.7 Å². The van der Waals surface area contributed by atoms with Crippen molar-refractivity contribution < 1.29 is 41.6 Å². The molecule has 3 heterocycles. The first-order chi connectivity index (χ1) is 20.2. The quantitative estimate of drug-likeness (QED) is 0.211. The van der Waals surface area contributed by atoms with Gasteiger partial charge < -0.3 is 19.7 Å². The molecule has 0 bridgehead atoms. The summed E-state index contributed by atoms with van der Waals surface area (Å²) in [5.41, 5.74) is -1.09. The first kappa shape index (κ1) is 31.3. The number of halogens is 7. The third-order valence-corrected chi connectivity index (χ3v) is 7.80. The number of rotatable bonds is 6. The number of aliphatic hydroxyl groups excluding tert-OH is 2. The second-order valence-electron chi connectivity index (χ2n) is 10.0. The number of nitrogens with zero attached hydrogens (tertiary/aromatic N) is 5. The molecule has 1 saturated heterocycles. The van der Waals surface area contributed by atoms with Crippen molar-refractivity contribution >= 4 is 23.2 Å². The van der Waals surface area contributed by atoms with Crippen LogP contribution in [0.5, 0.6) is 0 Å². The lowest BCUT2D eigenvalue weighted by Gasteiger charge is -2.45. The molecule has 2 aromatic heterocycles. The summed E-state index contributed by atoms with van der Waals surface area (Å²) in [6, 6.07) is 3.88. The minimum Gasteiger partial charge on any atom is -0.391 e. The van der Waals surface area contributed by atoms with Crippen LogP contribution in [0.1, 0.15) is 36.3 Å². The maximum Gasteiger partial charge on any atom is 0.418 e. The topological polar surface area (TPSA) is 107 Å². The monoisotopic (exact) mass is 647 g/mol. The second-order valence-corrected chi connectivity index (χ2v) is 10.8. The molecule has 1 aliphatic heterocycles. The lowest BCUT2D eigenvalue weighted by atomic mass is 9.89. The molecule has 4 aromatic rings. The molecule has 9 nitrogen and oxygen atoms in total. The van der Waals surface area contributed by atoms with E-state index < -0.39 is 70.6 Å². The number of ether oxygens (including phenoxy) is 2. The average Bonchev–Trinajstić information content (AvgIpc) is 3.57. The molecule has 0 saturated carbocycles. The molecule has 2 aromatic carbocycles. The van der Waals surface area contributed by atoms with Crippen LogP contribution in [0.4, 0.5) is 22.0 Å². The summed E-state index contributed by atoms with van der Waals surface area (Å²) >= 11 is 11.7. The van der Waals surface area contributed by atoms with Crippen molar-refractivity contribution in [1.82, 2.24) is 24.5 Å². The van der Waals surface area contributed by atoms with Crippen LogP contribution in [0.25, 0.3) is 16.8 Å². The van der Waals surface area contributed by atoms with Crippen LogP contribution >= 0.6 is 23.2 Å². The molecule has 0 spiro atoms. The Bertz CT molecular complexity index is 1620. The number of aromatic nitrogens is 5. The first-order valence-corrected chi connectivity index (χ1v) is 13.5. The van der Waals surface area contributed by atoms with Crippen LogP contribution < -0.4 is 0 Å². The Balaban J connectivity index is 1.62. The third kappa shape index (κ3) is 5.75. The van der Waals surface area contributed by atoms with Crippen molar-refractivity contribution in [1.29, 1.82) is 0 Å². The standard InChI is InChI=1S/C27H24Cl2F5N5O4/c1-11(40)23-24(42-3)21(38-10-14(9-35-38)13-6-17(30)20(29)18(31)7-13)22(41)25(43-23)26-37-36-12(2)39(26)19-8-15(28)4-5-16(19)27(32,33)34/h4-11,21-25,40-41H,1-3H3/t11?,21?,22?,23?,24-,25-/m1/s1. The highest BCUT2D eigenvalue weighted by molar-refractivity contribution is 6.31. The lowest BCUT2D eigenvalue weighted by molar-refractivity contribution is -0.230. The molecular weight excluding hydrogens is 624 g/mol. The Morgan fingerprint density at radius 1 is 1.07 bits per heavy atom. The number of aryl methyl sites for hydroxylation is 1. The molecular formula is C27H24Cl2F5N5O4. The van der Waals surface area contributed by atoms with Gasteiger partial charge in [-0.2, -0.15) is 18.3 Å². The molecule has 43 heavy (non-hydrogen) atoms. The third-order valence-electron chi connectivity index (χ3n) is 7.21. The molecule has 230 valence electrons. The SMILES string of the molecule is CO[C@H]1C(C(C)O)O[C@@H](c2nnc(C)n2-c2cc(Cl)ccc2C(F)(F)F)C(O)C1n1cc(-c2cc(F)c(Cl)c(F)c2)cn1. The van der Waals surface area contributed by atoms with Gasteiger partial charge in [0.15, 0.2) is 5.82 Å². The van der Waals surface area contributed by atoms with Crippen LogP contribution in [0.2, 0.25) is 10.0 Å². The molecule has 4 unspecified atom stereocenters. The summed E-state index contributed by atoms with van der Waals surface area (Å²) in [7, 11) is 1.31. The van der Waals surface area contributed by atoms with Crippen LogP contribution in [0.15, 0.2) is 42.7 Å². The Hall–Kier alpha value is -3.14. The molecule has 2 N–H and O–H groups in total. The molecule has 0 amide bonds. The zero-order valence-electron chi connectivity index (χ0n) is 22.6. The van der Waals surface area contributed by atoms with E-state index in [1.54, 1.807) is 0 Å². The van der Waals surface area contributed by atoms with Crippen molar-refractivity contribution in [2.75, 3.05) is 7.11 Å². The highest BCUT2D eigenvalue weighted by Crippen LogP contribution is 2.43. The van der Waals surface area contributed by atoms with Crippen molar-refractivity contribution in [3.05, 3.63) is 81.6 Å². The normalized spacial score (nSPS) is 23.5. The smallest absolute Gasteiger partial charge is 0.391 e. The van der Waals surface area contributed by atoms with Gasteiger partial charge in [0.1, 0.15) is 52.9 Å². The van der Waals surface area contributed by atoms with Gasteiger partial charge in [-0.1, -0.05) is 23.2 Å². The highest BCUT2D eigenvalue weighted by Gasteiger charge is 2.51. The largest absolute Gasteiger partial charge is 0.418 e. The summed E-state index contributed by atoms with van der Waals surface area (Å²) in [5, 5.41) is 33.9. The van der Waals surface area contributed by atoms with E-state index in [1.807, 2.05) is 0 Å². The molecule has 0 aliphatic carbocycles. The minimum absolute atomic E-state index is 0.00508. The van der Waals surface area contributed by atoms with Gasteiger partial charge in [0, 0.05) is 23.9 Å². The predicted molar refractivity (Wildman–Crippen MR) is 144 cm³/mol. The summed E-state index contributed by atoms with van der Waals surface area (Å²) < 4.78 is 84.4. The van der Waals surface area contributed by atoms with Crippen molar-refractivity contribution in [3.8, 4) is 16.8 Å². The number of benzene rings is 2. The molecule has 16 heteroatoms. The van der Waals surface area contributed by atoms with E-state index in [0.717, 1.165) is 34.9 Å². The Morgan fingerprint density at radius 3 is 2.35 bits per heavy atom. The molecule has 5 rings (SSSR count). The molecule has 1 fully saturated rings. The number of alkyl halides is 3. The summed E-state index contributed by atoms with van der Waals surface area (Å²) in [4.78, 5) is 0. The van der Waals surface area contributed by atoms with E-state index in [-0.39, 0.29) is 27.8 Å². The number of hydrogen-bond donors (Lipinski definition) is 2. The van der Waals surface area contributed by atoms with Crippen LogP contribution in [0, 0.1) is 18.6 Å². The Labute approximate surface area is 251 Å². The van der Waals surface area contributed by atoms with Gasteiger partial charge in [-0.25, -0.2) is 8.78 Å². The fourth-order valence-electron chi connectivity index (χ4n) is 5.24. The zero-order valence-corrected chi connectivity index (χ0v) is 24.1. The van der Waals surface area contributed by atoms with Crippen molar-refractivity contribution in [2.24, 2.45) is 0 Å². The van der Waals surface area contributed by atoms with Gasteiger partial charge in [-0.05, 0) is 49.7 Å². The zero-order chi connectivity index (χ0) is 31.4. The lowest BCUT2D eigenvalue weighted by Crippen LogP contribution is -2.56. The maximum atomic E-state index is 14.2. The van der Waals surface area contributed by atoms with Gasteiger partial charge in [0.2, 0.25) is 0 Å². The number of aliphatic hydroxyl groups is 2. The highest BCUT2D eigenvalue weighted by atomic mass is 35.5. The minimum atomic E-state index is -4.78. The van der Waals surface area contributed by atoms with Crippen molar-refractivity contribution in [3.63, 3.8) is 0 Å². The fourth-order valence-corrected chi connectivity index (χ4v) is 5.52.